The molecule has 33 heavy (non-hydrogen) atoms. The molecule has 0 radical (unpaired) electrons. The second-order valence-corrected chi connectivity index (χ2v) is 8.67. The summed E-state index contributed by atoms with van der Waals surface area (Å²) in [5, 5.41) is 75.4. The molecule has 0 saturated heterocycles. The van der Waals surface area contributed by atoms with E-state index in [4.69, 9.17) is 29.8 Å². The Morgan fingerprint density at radius 2 is 1.09 bits per heavy atom. The van der Waals surface area contributed by atoms with Crippen LogP contribution in [0.15, 0.2) is 0 Å². The third-order valence-electron chi connectivity index (χ3n) is 3.67. The average molecular weight is 534 g/mol. The van der Waals surface area contributed by atoms with Gasteiger partial charge in [-0.05, 0) is 0 Å². The minimum Gasteiger partial charge on any atom is -0.479 e. The number of carboxylic acids is 1. The highest BCUT2D eigenvalue weighted by Crippen LogP contribution is 2.39. The van der Waals surface area contributed by atoms with Gasteiger partial charge < -0.3 is 65.2 Å². The third kappa shape index (κ3) is 11.2. The van der Waals surface area contributed by atoms with Crippen molar-refractivity contribution < 1.29 is 92.9 Å². The molecule has 21 heteroatoms. The van der Waals surface area contributed by atoms with E-state index in [0.717, 1.165) is 0 Å². The Morgan fingerprint density at radius 3 is 1.48 bits per heavy atom. The summed E-state index contributed by atoms with van der Waals surface area (Å²) in [7, 11) is -11.1. The van der Waals surface area contributed by atoms with Gasteiger partial charge in [-0.15, -0.1) is 0 Å². The van der Waals surface area contributed by atoms with Crippen molar-refractivity contribution in [1.29, 1.82) is 0 Å². The van der Waals surface area contributed by atoms with Crippen LogP contribution in [0.2, 0.25) is 0 Å². The minimum atomic E-state index is -5.56. The highest BCUT2D eigenvalue weighted by molar-refractivity contribution is 7.46. The Labute approximate surface area is 183 Å². The molecule has 0 spiro atoms. The molecular formula is C12H24O19P2. The molecule has 0 heterocycles. The summed E-state index contributed by atoms with van der Waals surface area (Å²) in [5.74, 6) is -4.10. The van der Waals surface area contributed by atoms with Crippen LogP contribution in [0.4, 0.5) is 0 Å². The van der Waals surface area contributed by atoms with Crippen molar-refractivity contribution in [2.24, 2.45) is 0 Å². The first-order valence-corrected chi connectivity index (χ1v) is 11.4. The van der Waals surface area contributed by atoms with Gasteiger partial charge >= 0.3 is 27.6 Å². The fourth-order valence-electron chi connectivity index (χ4n) is 2.06. The van der Waals surface area contributed by atoms with Gasteiger partial charge in [0.25, 0.3) is 0 Å². The maximum absolute atomic E-state index is 12.0. The number of ether oxygens (including phenoxy) is 1. The second-order valence-electron chi connectivity index (χ2n) is 6.28. The van der Waals surface area contributed by atoms with Gasteiger partial charge in [-0.1, -0.05) is 0 Å². The molecule has 19 nitrogen and oxygen atoms in total. The van der Waals surface area contributed by atoms with E-state index in [9.17, 15) is 49.4 Å². The van der Waals surface area contributed by atoms with Gasteiger partial charge in [-0.25, -0.2) is 18.7 Å². The topological polar surface area (TPSA) is 339 Å². The number of esters is 1. The van der Waals surface area contributed by atoms with E-state index >= 15 is 0 Å². The lowest BCUT2D eigenvalue weighted by Crippen LogP contribution is -2.52. The number of carboxylic acid groups (broad SMARTS) is 1. The van der Waals surface area contributed by atoms with Crippen LogP contribution < -0.4 is 0 Å². The molecule has 0 amide bonds. The summed E-state index contributed by atoms with van der Waals surface area (Å²) in [5.41, 5.74) is 0. The summed E-state index contributed by atoms with van der Waals surface area (Å²) in [6.07, 6.45) is -20.4. The molecule has 0 saturated carbocycles. The van der Waals surface area contributed by atoms with Crippen molar-refractivity contribution >= 4 is 27.6 Å². The fraction of sp³-hybridized carbons (Fsp3) is 0.833. The maximum atomic E-state index is 12.0. The average Bonchev–Trinajstić information content (AvgIpc) is 2.69. The van der Waals surface area contributed by atoms with Crippen molar-refractivity contribution in [3.63, 3.8) is 0 Å². The molecule has 0 unspecified atom stereocenters. The zero-order valence-electron chi connectivity index (χ0n) is 16.2. The van der Waals surface area contributed by atoms with E-state index in [-0.39, 0.29) is 0 Å². The van der Waals surface area contributed by atoms with Crippen molar-refractivity contribution in [2.75, 3.05) is 13.2 Å². The second kappa shape index (κ2) is 13.1. The van der Waals surface area contributed by atoms with E-state index in [1.165, 1.54) is 0 Å². The maximum Gasteiger partial charge on any atom is 0.470 e. The molecule has 0 aliphatic carbocycles. The van der Waals surface area contributed by atoms with Gasteiger partial charge in [0.2, 0.25) is 0 Å². The zero-order valence-corrected chi connectivity index (χ0v) is 17.9. The summed E-state index contributed by atoms with van der Waals surface area (Å²) in [6.45, 7) is -2.56. The van der Waals surface area contributed by atoms with Crippen molar-refractivity contribution in [3.05, 3.63) is 0 Å². The van der Waals surface area contributed by atoms with Crippen LogP contribution >= 0.6 is 15.6 Å². The molecule has 0 aromatic rings. The number of phosphoric ester groups is 2. The van der Waals surface area contributed by atoms with Gasteiger partial charge in [-0.2, -0.15) is 0 Å². The number of aliphatic carboxylic acids is 1. The Kier molecular flexibility index (Phi) is 12.7. The van der Waals surface area contributed by atoms with Gasteiger partial charge in [0.15, 0.2) is 12.2 Å². The lowest BCUT2D eigenvalue weighted by molar-refractivity contribution is -0.178. The van der Waals surface area contributed by atoms with Crippen LogP contribution in [-0.4, -0.2) is 134 Å². The highest BCUT2D eigenvalue weighted by Gasteiger charge is 2.43. The monoisotopic (exact) mass is 534 g/mol. The Hall–Kier alpha value is -1.12. The molecule has 0 aliphatic rings. The number of hydrogen-bond acceptors (Lipinski definition) is 14. The first kappa shape index (κ1) is 31.9. The molecule has 12 N–H and O–H groups in total. The Bertz CT molecular complexity index is 732. The largest absolute Gasteiger partial charge is 0.479 e. The lowest BCUT2D eigenvalue weighted by atomic mass is 10.0. The summed E-state index contributed by atoms with van der Waals surface area (Å²) < 4.78 is 33.8. The SMILES string of the molecule is O=C(O)[C@H](OP(=O)(O)O)[C@@H](O)[C@H](O)[C@H](O)COC(=O)[C@H](OP(=O)(O)O)[C@@H](O)[C@H](O)[C@H](O)CO. The standard InChI is InChI=1S/C12H24O19P2/c13-1-3(14)5(16)8(19)10(31-33(26,27)28)12(22)29-2-4(15)6(17)7(18)9(11(20)21)30-32(23,24)25/h3-10,13-19H,1-2H2,(H,20,21)(H2,23,24,25)(H2,26,27,28)/t3-,4-,5-,6-,7+,8+,9-,10-/m1/s1. The van der Waals surface area contributed by atoms with Gasteiger partial charge in [-0.3, -0.25) is 9.05 Å². The minimum absolute atomic E-state index is 1.17. The van der Waals surface area contributed by atoms with Crippen molar-refractivity contribution in [1.82, 2.24) is 0 Å². The highest BCUT2D eigenvalue weighted by atomic mass is 31.2. The molecule has 0 rings (SSSR count). The van der Waals surface area contributed by atoms with E-state index < -0.39 is 89.6 Å². The smallest absolute Gasteiger partial charge is 0.470 e. The third-order valence-corrected chi connectivity index (χ3v) is 4.67. The number of carbonyl (C=O) groups is 2. The quantitative estimate of drug-likeness (QED) is 0.0686. The predicted molar refractivity (Wildman–Crippen MR) is 95.6 cm³/mol. The molecule has 0 bridgehead atoms. The van der Waals surface area contributed by atoms with E-state index in [0.29, 0.717) is 0 Å². The van der Waals surface area contributed by atoms with Crippen LogP contribution in [0.5, 0.6) is 0 Å². The first-order valence-electron chi connectivity index (χ1n) is 8.39. The number of aliphatic hydroxyl groups is 7. The number of carbonyl (C=O) groups excluding carboxylic acids is 1. The van der Waals surface area contributed by atoms with Gasteiger partial charge in [0.1, 0.15) is 43.2 Å². The number of hydrogen-bond donors (Lipinski definition) is 12. The van der Waals surface area contributed by atoms with Crippen LogP contribution in [0, 0.1) is 0 Å². The molecule has 196 valence electrons. The summed E-state index contributed by atoms with van der Waals surface area (Å²) >= 11 is 0. The Morgan fingerprint density at radius 1 is 0.697 bits per heavy atom. The van der Waals surface area contributed by atoms with Crippen LogP contribution in [0.3, 0.4) is 0 Å². The van der Waals surface area contributed by atoms with E-state index in [1.807, 2.05) is 0 Å². The van der Waals surface area contributed by atoms with E-state index in [2.05, 4.69) is 13.8 Å². The van der Waals surface area contributed by atoms with Crippen LogP contribution in [0.1, 0.15) is 0 Å². The lowest BCUT2D eigenvalue weighted by Gasteiger charge is -2.29. The molecule has 8 atom stereocenters. The number of rotatable bonds is 15. The number of phosphoric acid groups is 2. The summed E-state index contributed by atoms with van der Waals surface area (Å²) in [6, 6.07) is 0. The molecule has 0 aliphatic heterocycles. The van der Waals surface area contributed by atoms with Crippen molar-refractivity contribution in [3.8, 4) is 0 Å². The van der Waals surface area contributed by atoms with Crippen LogP contribution in [-0.2, 0) is 32.5 Å². The fourth-order valence-corrected chi connectivity index (χ4v) is 3.08. The van der Waals surface area contributed by atoms with Gasteiger partial charge in [0.05, 0.1) is 6.61 Å². The molecule has 0 fully saturated rings. The first-order chi connectivity index (χ1) is 14.8. The predicted octanol–water partition coefficient (Wildman–Crippen LogP) is -6.27. The molecule has 0 aromatic heterocycles. The normalized spacial score (nSPS) is 20.1. The molecule has 0 aromatic carbocycles. The number of aliphatic hydroxyl groups excluding tert-OH is 7. The van der Waals surface area contributed by atoms with E-state index in [1.54, 1.807) is 0 Å². The molecular weight excluding hydrogens is 510 g/mol. The summed E-state index contributed by atoms with van der Waals surface area (Å²) in [4.78, 5) is 57.9. The zero-order chi connectivity index (χ0) is 26.3. The van der Waals surface area contributed by atoms with Gasteiger partial charge in [0, 0.05) is 0 Å². The Balaban J connectivity index is 5.38. The van der Waals surface area contributed by atoms with Crippen LogP contribution in [0.25, 0.3) is 0 Å². The van der Waals surface area contributed by atoms with Crippen molar-refractivity contribution in [2.45, 2.75) is 48.8 Å².